The van der Waals surface area contributed by atoms with Crippen molar-refractivity contribution < 1.29 is 9.59 Å². The van der Waals surface area contributed by atoms with Crippen LogP contribution in [0.4, 0.5) is 4.79 Å². The summed E-state index contributed by atoms with van der Waals surface area (Å²) >= 11 is 0. The predicted molar refractivity (Wildman–Crippen MR) is 91.2 cm³/mol. The van der Waals surface area contributed by atoms with Gasteiger partial charge in [-0.15, -0.1) is 0 Å². The van der Waals surface area contributed by atoms with Crippen LogP contribution < -0.4 is 16.4 Å². The molecule has 5 N–H and O–H groups in total. The van der Waals surface area contributed by atoms with Crippen LogP contribution in [-0.4, -0.2) is 23.5 Å². The van der Waals surface area contributed by atoms with Gasteiger partial charge in [-0.05, 0) is 37.5 Å². The quantitative estimate of drug-likeness (QED) is 0.655. The van der Waals surface area contributed by atoms with Crippen molar-refractivity contribution in [2.24, 2.45) is 5.73 Å². The lowest BCUT2D eigenvalue weighted by Crippen LogP contribution is -2.33. The lowest BCUT2D eigenvalue weighted by atomic mass is 10.0. The van der Waals surface area contributed by atoms with Gasteiger partial charge in [0.2, 0.25) is 5.91 Å². The van der Waals surface area contributed by atoms with E-state index < -0.39 is 6.03 Å². The van der Waals surface area contributed by atoms with Crippen LogP contribution >= 0.6 is 0 Å². The van der Waals surface area contributed by atoms with E-state index in [0.717, 1.165) is 17.5 Å². The van der Waals surface area contributed by atoms with Gasteiger partial charge in [0.15, 0.2) is 0 Å². The van der Waals surface area contributed by atoms with Gasteiger partial charge in [0.1, 0.15) is 0 Å². The Morgan fingerprint density at radius 3 is 2.61 bits per heavy atom. The Morgan fingerprint density at radius 1 is 1.22 bits per heavy atom. The minimum atomic E-state index is -0.618. The molecule has 3 amide bonds. The molecule has 0 unspecified atom stereocenters. The Hall–Kier alpha value is -2.50. The molecule has 124 valence electrons. The maximum Gasteiger partial charge on any atom is 0.312 e. The van der Waals surface area contributed by atoms with Gasteiger partial charge in [-0.2, -0.15) is 0 Å². The highest BCUT2D eigenvalue weighted by atomic mass is 16.2. The highest BCUT2D eigenvalue weighted by Gasteiger charge is 2.11. The summed E-state index contributed by atoms with van der Waals surface area (Å²) < 4.78 is 0. The zero-order valence-electron chi connectivity index (χ0n) is 13.9. The maximum absolute atomic E-state index is 11.8. The number of hydrogen-bond acceptors (Lipinski definition) is 2. The highest BCUT2D eigenvalue weighted by molar-refractivity contribution is 5.88. The number of aromatic amines is 1. The van der Waals surface area contributed by atoms with E-state index >= 15 is 0 Å². The van der Waals surface area contributed by atoms with Gasteiger partial charge < -0.3 is 21.4 Å². The van der Waals surface area contributed by atoms with E-state index in [2.05, 4.69) is 48.5 Å². The summed E-state index contributed by atoms with van der Waals surface area (Å²) in [7, 11) is 0. The van der Waals surface area contributed by atoms with Crippen LogP contribution in [0.3, 0.4) is 0 Å². The van der Waals surface area contributed by atoms with Gasteiger partial charge in [0.05, 0.1) is 5.52 Å². The van der Waals surface area contributed by atoms with E-state index in [1.54, 1.807) is 0 Å². The molecule has 0 bridgehead atoms. The van der Waals surface area contributed by atoms with Crippen LogP contribution in [0, 0.1) is 13.8 Å². The minimum Gasteiger partial charge on any atom is -0.358 e. The number of rotatable bonds is 6. The van der Waals surface area contributed by atoms with E-state index in [9.17, 15) is 9.59 Å². The fourth-order valence-electron chi connectivity index (χ4n) is 2.79. The van der Waals surface area contributed by atoms with Crippen molar-refractivity contribution >= 4 is 22.8 Å². The van der Waals surface area contributed by atoms with Gasteiger partial charge >= 0.3 is 6.03 Å². The van der Waals surface area contributed by atoms with Crippen molar-refractivity contribution in [3.8, 4) is 0 Å². The number of H-pyrrole nitrogens is 1. The molecule has 1 heterocycles. The third kappa shape index (κ3) is 4.03. The monoisotopic (exact) mass is 316 g/mol. The number of aryl methyl sites for hydroxylation is 3. The van der Waals surface area contributed by atoms with Crippen LogP contribution in [0.5, 0.6) is 0 Å². The first-order valence-electron chi connectivity index (χ1n) is 7.83. The minimum absolute atomic E-state index is 0.118. The molecule has 0 spiro atoms. The first-order chi connectivity index (χ1) is 10.9. The topological polar surface area (TPSA) is 100 Å². The van der Waals surface area contributed by atoms with Crippen LogP contribution in [0.1, 0.15) is 35.7 Å². The second kappa shape index (κ2) is 7.17. The van der Waals surface area contributed by atoms with E-state index in [-0.39, 0.29) is 18.9 Å². The van der Waals surface area contributed by atoms with Gasteiger partial charge in [0, 0.05) is 30.6 Å². The van der Waals surface area contributed by atoms with Gasteiger partial charge in [-0.25, -0.2) is 4.79 Å². The lowest BCUT2D eigenvalue weighted by molar-refractivity contribution is -0.121. The molecule has 6 heteroatoms. The molecular weight excluding hydrogens is 292 g/mol. The van der Waals surface area contributed by atoms with Crippen molar-refractivity contribution in [1.29, 1.82) is 0 Å². The first kappa shape index (κ1) is 16.9. The highest BCUT2D eigenvalue weighted by Crippen LogP contribution is 2.26. The molecule has 2 rings (SSSR count). The summed E-state index contributed by atoms with van der Waals surface area (Å²) in [6.45, 7) is 7.00. The molecule has 2 aromatic rings. The Labute approximate surface area is 135 Å². The molecule has 0 aliphatic heterocycles. The molecule has 0 fully saturated rings. The molecule has 0 aliphatic rings. The Bertz CT molecular complexity index is 734. The molecule has 1 aromatic carbocycles. The van der Waals surface area contributed by atoms with E-state index in [1.807, 2.05) is 0 Å². The second-order valence-electron chi connectivity index (χ2n) is 5.75. The van der Waals surface area contributed by atoms with Crippen molar-refractivity contribution in [3.63, 3.8) is 0 Å². The van der Waals surface area contributed by atoms with Crippen molar-refractivity contribution in [2.45, 2.75) is 40.2 Å². The number of carbonyl (C=O) groups excluding carboxylic acids is 2. The van der Waals surface area contributed by atoms with Gasteiger partial charge in [0.25, 0.3) is 0 Å². The third-order valence-electron chi connectivity index (χ3n) is 3.98. The summed E-state index contributed by atoms with van der Waals surface area (Å²) in [6.07, 6.45) is 1.16. The maximum atomic E-state index is 11.8. The van der Waals surface area contributed by atoms with Crippen molar-refractivity contribution in [3.05, 3.63) is 34.5 Å². The molecule has 0 aliphatic carbocycles. The molecule has 1 aromatic heterocycles. The molecule has 0 radical (unpaired) electrons. The SMILES string of the molecule is CCc1[nH]c2c(CNC(=O)CCNC(N)=O)cc(C)cc2c1C. The van der Waals surface area contributed by atoms with E-state index in [1.165, 1.54) is 22.2 Å². The molecule has 0 saturated carbocycles. The molecule has 23 heavy (non-hydrogen) atoms. The summed E-state index contributed by atoms with van der Waals surface area (Å²) in [5, 5.41) is 6.50. The van der Waals surface area contributed by atoms with E-state index in [4.69, 9.17) is 5.73 Å². The Kier molecular flexibility index (Phi) is 5.26. The number of amides is 3. The number of urea groups is 1. The second-order valence-corrected chi connectivity index (χ2v) is 5.75. The summed E-state index contributed by atoms with van der Waals surface area (Å²) in [5.74, 6) is -0.118. The third-order valence-corrected chi connectivity index (χ3v) is 3.98. The average Bonchev–Trinajstić information content (AvgIpc) is 2.81. The summed E-state index contributed by atoms with van der Waals surface area (Å²) in [5.41, 5.74) is 10.8. The normalized spacial score (nSPS) is 10.7. The van der Waals surface area contributed by atoms with Crippen LogP contribution in [0.15, 0.2) is 12.1 Å². The number of carbonyl (C=O) groups is 2. The van der Waals surface area contributed by atoms with Crippen LogP contribution in [-0.2, 0) is 17.8 Å². The van der Waals surface area contributed by atoms with Crippen LogP contribution in [0.25, 0.3) is 10.9 Å². The van der Waals surface area contributed by atoms with Crippen LogP contribution in [0.2, 0.25) is 0 Å². The molecule has 0 atom stereocenters. The smallest absolute Gasteiger partial charge is 0.312 e. The first-order valence-corrected chi connectivity index (χ1v) is 7.83. The standard InChI is InChI=1S/C17H24N4O2/c1-4-14-11(3)13-8-10(2)7-12(16(13)21-14)9-20-15(22)5-6-19-17(18)23/h7-8,21H,4-6,9H2,1-3H3,(H,20,22)(H3,18,19,23). The average molecular weight is 316 g/mol. The van der Waals surface area contributed by atoms with E-state index in [0.29, 0.717) is 6.54 Å². The number of primary amides is 1. The lowest BCUT2D eigenvalue weighted by Gasteiger charge is -2.08. The number of fused-ring (bicyclic) bond motifs is 1. The number of benzene rings is 1. The summed E-state index contributed by atoms with van der Waals surface area (Å²) in [4.78, 5) is 25.9. The van der Waals surface area contributed by atoms with Crippen molar-refractivity contribution in [1.82, 2.24) is 15.6 Å². The predicted octanol–water partition coefficient (Wildman–Crippen LogP) is 2.02. The van der Waals surface area contributed by atoms with Gasteiger partial charge in [-0.1, -0.05) is 18.6 Å². The largest absolute Gasteiger partial charge is 0.358 e. The number of nitrogens with one attached hydrogen (secondary N) is 3. The fourth-order valence-corrected chi connectivity index (χ4v) is 2.79. The Balaban J connectivity index is 2.10. The summed E-state index contributed by atoms with van der Waals surface area (Å²) in [6, 6.07) is 3.63. The number of hydrogen-bond donors (Lipinski definition) is 4. The van der Waals surface area contributed by atoms with Gasteiger partial charge in [-0.3, -0.25) is 4.79 Å². The number of nitrogens with two attached hydrogens (primary N) is 1. The molecule has 6 nitrogen and oxygen atoms in total. The zero-order chi connectivity index (χ0) is 17.0. The molecular formula is C17H24N4O2. The Morgan fingerprint density at radius 2 is 1.96 bits per heavy atom. The molecule has 0 saturated heterocycles. The number of aromatic nitrogens is 1. The fraction of sp³-hybridized carbons (Fsp3) is 0.412. The zero-order valence-corrected chi connectivity index (χ0v) is 13.9. The van der Waals surface area contributed by atoms with Crippen molar-refractivity contribution in [2.75, 3.05) is 6.54 Å².